The van der Waals surface area contributed by atoms with Gasteiger partial charge in [0.25, 0.3) is 0 Å². The summed E-state index contributed by atoms with van der Waals surface area (Å²) >= 11 is 0. The van der Waals surface area contributed by atoms with Gasteiger partial charge in [-0.1, -0.05) is 60.2 Å². The van der Waals surface area contributed by atoms with Crippen LogP contribution in [0.4, 0.5) is 0 Å². The lowest BCUT2D eigenvalue weighted by atomic mass is 10.1. The first-order valence-corrected chi connectivity index (χ1v) is 9.64. The van der Waals surface area contributed by atoms with Gasteiger partial charge in [0.15, 0.2) is 0 Å². The number of aliphatic carboxylic acids is 1. The van der Waals surface area contributed by atoms with E-state index in [0.717, 1.165) is 27.8 Å². The number of fused-ring (bicyclic) bond motifs is 1. The summed E-state index contributed by atoms with van der Waals surface area (Å²) in [7, 11) is 0. The van der Waals surface area contributed by atoms with Crippen LogP contribution in [0, 0.1) is 6.92 Å². The van der Waals surface area contributed by atoms with Gasteiger partial charge in [0, 0.05) is 23.6 Å². The number of ether oxygens (including phenoxy) is 1. The smallest absolute Gasteiger partial charge is 0.307 e. The third-order valence-corrected chi connectivity index (χ3v) is 4.96. The summed E-state index contributed by atoms with van der Waals surface area (Å²) in [6.45, 7) is 3.25. The monoisotopic (exact) mass is 385 g/mol. The fourth-order valence-corrected chi connectivity index (χ4v) is 3.62. The quantitative estimate of drug-likeness (QED) is 0.475. The molecule has 0 spiro atoms. The number of aromatic nitrogens is 1. The molecule has 3 aromatic carbocycles. The highest BCUT2D eigenvalue weighted by molar-refractivity contribution is 5.88. The molecule has 0 unspecified atom stereocenters. The van der Waals surface area contributed by atoms with Gasteiger partial charge >= 0.3 is 5.97 Å². The molecule has 0 saturated carbocycles. The fourth-order valence-electron chi connectivity index (χ4n) is 3.62. The number of carboxylic acid groups (broad SMARTS) is 1. The Labute approximate surface area is 170 Å². The van der Waals surface area contributed by atoms with Crippen molar-refractivity contribution in [3.8, 4) is 5.75 Å². The first kappa shape index (κ1) is 18.8. The van der Waals surface area contributed by atoms with Crippen LogP contribution < -0.4 is 4.74 Å². The number of carbonyl (C=O) groups is 1. The number of hydrogen-bond donors (Lipinski definition) is 1. The Kier molecular flexibility index (Phi) is 5.34. The molecule has 0 aliphatic rings. The minimum Gasteiger partial charge on any atom is -0.489 e. The lowest BCUT2D eigenvalue weighted by Gasteiger charge is -2.09. The largest absolute Gasteiger partial charge is 0.489 e. The highest BCUT2D eigenvalue weighted by Gasteiger charge is 2.13. The van der Waals surface area contributed by atoms with E-state index in [4.69, 9.17) is 4.74 Å². The molecule has 0 bridgehead atoms. The Morgan fingerprint density at radius 1 is 0.966 bits per heavy atom. The Morgan fingerprint density at radius 3 is 2.52 bits per heavy atom. The SMILES string of the molecule is Cc1cccc(Cn2cc(CC(=O)O)c3cc(OCc4ccccc4)ccc32)c1. The molecule has 0 aliphatic carbocycles. The first-order valence-electron chi connectivity index (χ1n) is 9.64. The normalized spacial score (nSPS) is 10.9. The van der Waals surface area contributed by atoms with Gasteiger partial charge < -0.3 is 14.4 Å². The number of aryl methyl sites for hydroxylation is 1. The van der Waals surface area contributed by atoms with E-state index in [0.29, 0.717) is 13.2 Å². The van der Waals surface area contributed by atoms with E-state index in [1.165, 1.54) is 11.1 Å². The van der Waals surface area contributed by atoms with Crippen LogP contribution in [0.5, 0.6) is 5.75 Å². The van der Waals surface area contributed by atoms with E-state index in [1.807, 2.05) is 60.8 Å². The number of benzene rings is 3. The van der Waals surface area contributed by atoms with Crippen LogP contribution in [-0.4, -0.2) is 15.6 Å². The van der Waals surface area contributed by atoms with Crippen molar-refractivity contribution in [2.24, 2.45) is 0 Å². The van der Waals surface area contributed by atoms with E-state index < -0.39 is 5.97 Å². The van der Waals surface area contributed by atoms with Gasteiger partial charge in [-0.05, 0) is 41.8 Å². The van der Waals surface area contributed by atoms with Gasteiger partial charge in [0.2, 0.25) is 0 Å². The standard InChI is InChI=1S/C25H23NO3/c1-18-6-5-9-20(12-18)15-26-16-21(13-25(27)28)23-14-22(10-11-24(23)26)29-17-19-7-3-2-4-8-19/h2-12,14,16H,13,15,17H2,1H3,(H,27,28). The zero-order valence-corrected chi connectivity index (χ0v) is 16.3. The van der Waals surface area contributed by atoms with Gasteiger partial charge in [-0.3, -0.25) is 4.79 Å². The summed E-state index contributed by atoms with van der Waals surface area (Å²) in [4.78, 5) is 11.4. The molecule has 1 N–H and O–H groups in total. The van der Waals surface area contributed by atoms with E-state index in [2.05, 4.69) is 29.7 Å². The Bertz CT molecular complexity index is 1150. The van der Waals surface area contributed by atoms with Gasteiger partial charge in [0.05, 0.1) is 6.42 Å². The number of rotatable bonds is 7. The van der Waals surface area contributed by atoms with Crippen LogP contribution in [0.2, 0.25) is 0 Å². The second kappa shape index (κ2) is 8.23. The molecular weight excluding hydrogens is 362 g/mol. The van der Waals surface area contributed by atoms with Crippen molar-refractivity contribution >= 4 is 16.9 Å². The Hall–Kier alpha value is -3.53. The molecule has 0 atom stereocenters. The summed E-state index contributed by atoms with van der Waals surface area (Å²) in [5, 5.41) is 10.3. The van der Waals surface area contributed by atoms with Crippen molar-refractivity contribution in [1.82, 2.24) is 4.57 Å². The molecule has 1 aromatic heterocycles. The Balaban J connectivity index is 1.65. The zero-order chi connectivity index (χ0) is 20.2. The van der Waals surface area contributed by atoms with Crippen LogP contribution in [0.3, 0.4) is 0 Å². The van der Waals surface area contributed by atoms with E-state index in [1.54, 1.807) is 0 Å². The molecule has 0 radical (unpaired) electrons. The summed E-state index contributed by atoms with van der Waals surface area (Å²) in [5.74, 6) is -0.100. The third kappa shape index (κ3) is 4.49. The maximum absolute atomic E-state index is 11.4. The van der Waals surface area contributed by atoms with Gasteiger partial charge in [-0.15, -0.1) is 0 Å². The predicted molar refractivity (Wildman–Crippen MR) is 114 cm³/mol. The number of carboxylic acids is 1. The van der Waals surface area contributed by atoms with Gasteiger partial charge in [-0.2, -0.15) is 0 Å². The molecule has 0 fully saturated rings. The van der Waals surface area contributed by atoms with E-state index in [-0.39, 0.29) is 6.42 Å². The lowest BCUT2D eigenvalue weighted by Crippen LogP contribution is -2.00. The molecule has 4 nitrogen and oxygen atoms in total. The molecule has 4 rings (SSSR count). The van der Waals surface area contributed by atoms with Crippen molar-refractivity contribution in [3.05, 3.63) is 101 Å². The first-order chi connectivity index (χ1) is 14.1. The average molecular weight is 385 g/mol. The zero-order valence-electron chi connectivity index (χ0n) is 16.3. The third-order valence-electron chi connectivity index (χ3n) is 4.96. The van der Waals surface area contributed by atoms with E-state index in [9.17, 15) is 9.90 Å². The highest BCUT2D eigenvalue weighted by Crippen LogP contribution is 2.28. The second-order valence-corrected chi connectivity index (χ2v) is 7.30. The van der Waals surface area contributed by atoms with E-state index >= 15 is 0 Å². The topological polar surface area (TPSA) is 51.5 Å². The summed E-state index contributed by atoms with van der Waals surface area (Å²) in [5.41, 5.74) is 5.30. The molecule has 4 aromatic rings. The van der Waals surface area contributed by atoms with Gasteiger partial charge in [0.1, 0.15) is 12.4 Å². The van der Waals surface area contributed by atoms with Crippen molar-refractivity contribution < 1.29 is 14.6 Å². The molecule has 0 aliphatic heterocycles. The minimum absolute atomic E-state index is 0.0144. The van der Waals surface area contributed by atoms with Crippen molar-refractivity contribution in [2.45, 2.75) is 26.5 Å². The minimum atomic E-state index is -0.838. The van der Waals surface area contributed by atoms with Crippen molar-refractivity contribution in [2.75, 3.05) is 0 Å². The molecule has 0 saturated heterocycles. The fraction of sp³-hybridized carbons (Fsp3) is 0.160. The molecular formula is C25H23NO3. The molecule has 4 heteroatoms. The molecule has 29 heavy (non-hydrogen) atoms. The lowest BCUT2D eigenvalue weighted by molar-refractivity contribution is -0.136. The number of hydrogen-bond acceptors (Lipinski definition) is 2. The predicted octanol–water partition coefficient (Wildman–Crippen LogP) is 5.20. The second-order valence-electron chi connectivity index (χ2n) is 7.30. The Morgan fingerprint density at radius 2 is 1.76 bits per heavy atom. The number of nitrogens with zero attached hydrogens (tertiary/aromatic N) is 1. The highest BCUT2D eigenvalue weighted by atomic mass is 16.5. The van der Waals surface area contributed by atoms with Crippen LogP contribution in [0.25, 0.3) is 10.9 Å². The van der Waals surface area contributed by atoms with Crippen molar-refractivity contribution in [1.29, 1.82) is 0 Å². The van der Waals surface area contributed by atoms with Crippen LogP contribution >= 0.6 is 0 Å². The molecule has 1 heterocycles. The average Bonchev–Trinajstić information content (AvgIpc) is 3.03. The summed E-state index contributed by atoms with van der Waals surface area (Å²) in [6, 6.07) is 24.3. The summed E-state index contributed by atoms with van der Waals surface area (Å²) in [6.07, 6.45) is 1.93. The van der Waals surface area contributed by atoms with Crippen LogP contribution in [0.1, 0.15) is 22.3 Å². The van der Waals surface area contributed by atoms with Crippen LogP contribution in [-0.2, 0) is 24.4 Å². The molecule has 0 amide bonds. The maximum Gasteiger partial charge on any atom is 0.307 e. The van der Waals surface area contributed by atoms with Gasteiger partial charge in [-0.25, -0.2) is 0 Å². The van der Waals surface area contributed by atoms with Crippen molar-refractivity contribution in [3.63, 3.8) is 0 Å². The van der Waals surface area contributed by atoms with Crippen LogP contribution in [0.15, 0.2) is 79.0 Å². The molecule has 146 valence electrons. The summed E-state index contributed by atoms with van der Waals surface area (Å²) < 4.78 is 8.06. The maximum atomic E-state index is 11.4.